The molecule has 0 unspecified atom stereocenters. The average molecular weight is 572 g/mol. The van der Waals surface area contributed by atoms with Crippen LogP contribution in [-0.2, 0) is 29.2 Å². The molecule has 0 radical (unpaired) electrons. The van der Waals surface area contributed by atoms with Crippen molar-refractivity contribution < 1.29 is 27.9 Å². The zero-order valence-electron chi connectivity index (χ0n) is 23.6. The molecule has 0 aliphatic carbocycles. The van der Waals surface area contributed by atoms with E-state index in [1.807, 2.05) is 54.6 Å². The van der Waals surface area contributed by atoms with Crippen molar-refractivity contribution in [1.82, 2.24) is 14.8 Å². The molecule has 8 nitrogen and oxygen atoms in total. The molecule has 1 amide bonds. The maximum Gasteiger partial charge on any atom is 0.309 e. The van der Waals surface area contributed by atoms with Gasteiger partial charge in [-0.25, -0.2) is 9.37 Å². The number of piperidine rings is 1. The molecule has 0 N–H and O–H groups in total. The Morgan fingerprint density at radius 3 is 2.38 bits per heavy atom. The molecule has 5 rings (SSSR count). The topological polar surface area (TPSA) is 85.1 Å². The Balaban J connectivity index is 1.26. The minimum absolute atomic E-state index is 0.182. The molecule has 1 fully saturated rings. The first-order chi connectivity index (χ1) is 20.5. The van der Waals surface area contributed by atoms with Gasteiger partial charge < -0.3 is 18.8 Å². The van der Waals surface area contributed by atoms with Gasteiger partial charge in [0.05, 0.1) is 19.1 Å². The Morgan fingerprint density at radius 2 is 1.64 bits per heavy atom. The number of aromatic nitrogens is 1. The van der Waals surface area contributed by atoms with E-state index < -0.39 is 0 Å². The molecule has 3 aromatic carbocycles. The van der Waals surface area contributed by atoms with E-state index in [2.05, 4.69) is 9.88 Å². The number of esters is 1. The van der Waals surface area contributed by atoms with Gasteiger partial charge in [0.2, 0.25) is 5.89 Å². The van der Waals surface area contributed by atoms with Gasteiger partial charge in [-0.05, 0) is 67.3 Å². The summed E-state index contributed by atoms with van der Waals surface area (Å²) in [6.07, 6.45) is 2.51. The summed E-state index contributed by atoms with van der Waals surface area (Å²) in [4.78, 5) is 33.5. The number of amides is 1. The lowest BCUT2D eigenvalue weighted by atomic mass is 9.97. The largest absolute Gasteiger partial charge is 0.466 e. The summed E-state index contributed by atoms with van der Waals surface area (Å²) in [7, 11) is 0. The van der Waals surface area contributed by atoms with Gasteiger partial charge in [0.1, 0.15) is 23.6 Å². The molecular formula is C33H34FN3O5. The molecule has 0 saturated carbocycles. The molecule has 0 spiro atoms. The van der Waals surface area contributed by atoms with E-state index in [-0.39, 0.29) is 29.3 Å². The first kappa shape index (κ1) is 29.0. The fraction of sp³-hybridized carbons (Fsp3) is 0.303. The molecule has 1 saturated heterocycles. The third-order valence-corrected chi connectivity index (χ3v) is 7.13. The number of oxazole rings is 1. The minimum atomic E-state index is -0.293. The van der Waals surface area contributed by atoms with Crippen molar-refractivity contribution in [2.45, 2.75) is 39.4 Å². The van der Waals surface area contributed by atoms with Gasteiger partial charge in [-0.3, -0.25) is 14.5 Å². The van der Waals surface area contributed by atoms with Gasteiger partial charge in [-0.1, -0.05) is 42.5 Å². The van der Waals surface area contributed by atoms with E-state index in [0.717, 1.165) is 22.6 Å². The number of carbonyl (C=O) groups is 2. The molecule has 2 heterocycles. The number of rotatable bonds is 11. The summed E-state index contributed by atoms with van der Waals surface area (Å²) < 4.78 is 30.4. The smallest absolute Gasteiger partial charge is 0.309 e. The summed E-state index contributed by atoms with van der Waals surface area (Å²) in [6.45, 7) is 4.44. The van der Waals surface area contributed by atoms with Crippen LogP contribution in [0.25, 0.3) is 0 Å². The number of hydrogen-bond acceptors (Lipinski definition) is 7. The Kier molecular flexibility index (Phi) is 9.61. The lowest BCUT2D eigenvalue weighted by molar-refractivity contribution is -0.149. The van der Waals surface area contributed by atoms with Crippen LogP contribution in [0.5, 0.6) is 11.5 Å². The standard InChI is InChI=1S/C33H34FN3O5/c1-2-40-33(39)26-15-17-37(18-16-26)32(38)30-23-41-31(35-30)22-36(20-24-11-13-27(34)14-12-24)21-25-7-6-10-29(19-25)42-28-8-4-3-5-9-28/h3-14,19,23,26H,2,15-18,20-22H2,1H3. The van der Waals surface area contributed by atoms with Gasteiger partial charge in [0, 0.05) is 26.2 Å². The monoisotopic (exact) mass is 571 g/mol. The highest BCUT2D eigenvalue weighted by Gasteiger charge is 2.30. The number of benzene rings is 3. The van der Waals surface area contributed by atoms with E-state index in [4.69, 9.17) is 13.9 Å². The number of ether oxygens (including phenoxy) is 2. The quantitative estimate of drug-likeness (QED) is 0.198. The first-order valence-electron chi connectivity index (χ1n) is 14.2. The maximum atomic E-state index is 13.6. The zero-order chi connectivity index (χ0) is 29.3. The van der Waals surface area contributed by atoms with Crippen LogP contribution < -0.4 is 4.74 Å². The minimum Gasteiger partial charge on any atom is -0.466 e. The fourth-order valence-electron chi connectivity index (χ4n) is 5.02. The van der Waals surface area contributed by atoms with Gasteiger partial charge in [0.25, 0.3) is 5.91 Å². The molecule has 1 aliphatic rings. The first-order valence-corrected chi connectivity index (χ1v) is 14.2. The highest BCUT2D eigenvalue weighted by atomic mass is 19.1. The SMILES string of the molecule is CCOC(=O)C1CCN(C(=O)c2coc(CN(Cc3ccc(F)cc3)Cc3cccc(Oc4ccccc4)c3)n2)CC1. The van der Waals surface area contributed by atoms with Crippen LogP contribution in [0.1, 0.15) is 47.3 Å². The Bertz CT molecular complexity index is 1470. The molecule has 1 aliphatic heterocycles. The molecule has 218 valence electrons. The molecule has 0 bridgehead atoms. The molecule has 4 aromatic rings. The second-order valence-corrected chi connectivity index (χ2v) is 10.3. The number of carbonyl (C=O) groups excluding carboxylic acids is 2. The number of halogens is 1. The van der Waals surface area contributed by atoms with Gasteiger partial charge in [-0.2, -0.15) is 0 Å². The predicted molar refractivity (Wildman–Crippen MR) is 154 cm³/mol. The maximum absolute atomic E-state index is 13.6. The summed E-state index contributed by atoms with van der Waals surface area (Å²) in [6, 6.07) is 23.8. The summed E-state index contributed by atoms with van der Waals surface area (Å²) in [5.74, 6) is 0.973. The second kappa shape index (κ2) is 13.9. The van der Waals surface area contributed by atoms with E-state index >= 15 is 0 Å². The fourth-order valence-corrected chi connectivity index (χ4v) is 5.02. The van der Waals surface area contributed by atoms with Gasteiger partial charge in [-0.15, -0.1) is 0 Å². The van der Waals surface area contributed by atoms with Crippen LogP contribution >= 0.6 is 0 Å². The van der Waals surface area contributed by atoms with Crippen molar-refractivity contribution in [2.24, 2.45) is 5.92 Å². The van der Waals surface area contributed by atoms with E-state index in [9.17, 15) is 14.0 Å². The van der Waals surface area contributed by atoms with Crippen molar-refractivity contribution in [3.63, 3.8) is 0 Å². The second-order valence-electron chi connectivity index (χ2n) is 10.3. The Hall–Kier alpha value is -4.50. The van der Waals surface area contributed by atoms with Crippen LogP contribution in [0.2, 0.25) is 0 Å². The normalized spacial score (nSPS) is 13.7. The zero-order valence-corrected chi connectivity index (χ0v) is 23.6. The van der Waals surface area contributed by atoms with E-state index in [0.29, 0.717) is 58.1 Å². The van der Waals surface area contributed by atoms with E-state index in [1.165, 1.54) is 18.4 Å². The Morgan fingerprint density at radius 1 is 0.929 bits per heavy atom. The van der Waals surface area contributed by atoms with E-state index in [1.54, 1.807) is 24.0 Å². The number of hydrogen-bond donors (Lipinski definition) is 0. The molecular weight excluding hydrogens is 537 g/mol. The molecule has 9 heteroatoms. The van der Waals surface area contributed by atoms with Crippen LogP contribution in [0, 0.1) is 11.7 Å². The van der Waals surface area contributed by atoms with Crippen LogP contribution in [0.15, 0.2) is 89.5 Å². The third kappa shape index (κ3) is 7.82. The number of para-hydroxylation sites is 1. The van der Waals surface area contributed by atoms with Crippen molar-refractivity contribution >= 4 is 11.9 Å². The highest BCUT2D eigenvalue weighted by molar-refractivity contribution is 5.92. The van der Waals surface area contributed by atoms with Crippen molar-refractivity contribution in [2.75, 3.05) is 19.7 Å². The van der Waals surface area contributed by atoms with Crippen LogP contribution in [0.4, 0.5) is 4.39 Å². The summed E-state index contributed by atoms with van der Waals surface area (Å²) >= 11 is 0. The summed E-state index contributed by atoms with van der Waals surface area (Å²) in [5.41, 5.74) is 2.18. The van der Waals surface area contributed by atoms with Crippen LogP contribution in [0.3, 0.4) is 0 Å². The molecule has 42 heavy (non-hydrogen) atoms. The molecule has 0 atom stereocenters. The third-order valence-electron chi connectivity index (χ3n) is 7.13. The predicted octanol–water partition coefficient (Wildman–Crippen LogP) is 6.22. The lowest BCUT2D eigenvalue weighted by Crippen LogP contribution is -2.40. The van der Waals surface area contributed by atoms with Crippen molar-refractivity contribution in [1.29, 1.82) is 0 Å². The Labute approximate surface area is 244 Å². The average Bonchev–Trinajstić information content (AvgIpc) is 3.47. The van der Waals surface area contributed by atoms with Crippen molar-refractivity contribution in [3.05, 3.63) is 114 Å². The number of nitrogens with zero attached hydrogens (tertiary/aromatic N) is 3. The lowest BCUT2D eigenvalue weighted by Gasteiger charge is -2.30. The van der Waals surface area contributed by atoms with Crippen LogP contribution in [-0.4, -0.2) is 46.4 Å². The van der Waals surface area contributed by atoms with Gasteiger partial charge in [0.15, 0.2) is 5.69 Å². The highest BCUT2D eigenvalue weighted by Crippen LogP contribution is 2.24. The van der Waals surface area contributed by atoms with Crippen molar-refractivity contribution in [3.8, 4) is 11.5 Å². The molecule has 1 aromatic heterocycles. The van der Waals surface area contributed by atoms with Gasteiger partial charge >= 0.3 is 5.97 Å². The summed E-state index contributed by atoms with van der Waals surface area (Å²) in [5, 5.41) is 0. The number of likely N-dealkylation sites (tertiary alicyclic amines) is 1.